The Hall–Kier alpha value is -2.62. The molecule has 0 N–H and O–H groups in total. The highest BCUT2D eigenvalue weighted by molar-refractivity contribution is 5.67. The Bertz CT molecular complexity index is 766. The van der Waals surface area contributed by atoms with Crippen LogP contribution in [0.4, 0.5) is 8.78 Å². The Morgan fingerprint density at radius 2 is 1.29 bits per heavy atom. The van der Waals surface area contributed by atoms with Crippen LogP contribution in [0.5, 0.6) is 0 Å². The highest BCUT2D eigenvalue weighted by Crippen LogP contribution is 2.24. The van der Waals surface area contributed by atoms with Crippen molar-refractivity contribution in [3.8, 4) is 22.5 Å². The van der Waals surface area contributed by atoms with Crippen molar-refractivity contribution in [2.75, 3.05) is 0 Å². The molecule has 104 valence electrons. The number of benzene rings is 2. The number of hydrogen-bond donors (Lipinski definition) is 0. The molecule has 0 radical (unpaired) electrons. The minimum Gasteiger partial charge on any atom is -0.236 e. The van der Waals surface area contributed by atoms with Crippen LogP contribution in [0, 0.1) is 18.6 Å². The monoisotopic (exact) mass is 282 g/mol. The van der Waals surface area contributed by atoms with Crippen molar-refractivity contribution < 1.29 is 8.78 Å². The van der Waals surface area contributed by atoms with E-state index in [1.807, 2.05) is 31.2 Å². The Morgan fingerprint density at radius 1 is 0.714 bits per heavy atom. The molecular formula is C17H12F2N2. The third kappa shape index (κ3) is 2.79. The summed E-state index contributed by atoms with van der Waals surface area (Å²) in [7, 11) is 0. The van der Waals surface area contributed by atoms with Gasteiger partial charge in [-0.3, -0.25) is 0 Å². The molecule has 0 saturated carbocycles. The minimum absolute atomic E-state index is 0.630. The predicted molar refractivity (Wildman–Crippen MR) is 77.6 cm³/mol. The topological polar surface area (TPSA) is 25.8 Å². The summed E-state index contributed by atoms with van der Waals surface area (Å²) in [5.74, 6) is -1.06. The minimum atomic E-state index is -0.849. The van der Waals surface area contributed by atoms with Crippen molar-refractivity contribution in [3.63, 3.8) is 0 Å². The van der Waals surface area contributed by atoms with Gasteiger partial charge in [-0.2, -0.15) is 0 Å². The molecule has 0 spiro atoms. The van der Waals surface area contributed by atoms with Crippen molar-refractivity contribution in [3.05, 3.63) is 72.1 Å². The smallest absolute Gasteiger partial charge is 0.159 e. The highest BCUT2D eigenvalue weighted by Gasteiger charge is 2.06. The standard InChI is InChI=1S/C17H12F2N2/c1-11-9-20-17(21-10-11)13-4-2-12(3-5-13)14-6-7-15(18)16(19)8-14/h2-10H,1H3. The van der Waals surface area contributed by atoms with Crippen LogP contribution in [0.2, 0.25) is 0 Å². The maximum Gasteiger partial charge on any atom is 0.159 e. The lowest BCUT2D eigenvalue weighted by Crippen LogP contribution is -1.89. The van der Waals surface area contributed by atoms with Gasteiger partial charge in [0.05, 0.1) is 0 Å². The fraction of sp³-hybridized carbons (Fsp3) is 0.0588. The molecule has 0 atom stereocenters. The summed E-state index contributed by atoms with van der Waals surface area (Å²) >= 11 is 0. The maximum absolute atomic E-state index is 13.3. The second kappa shape index (κ2) is 5.40. The molecule has 21 heavy (non-hydrogen) atoms. The summed E-state index contributed by atoms with van der Waals surface area (Å²) in [5, 5.41) is 0. The molecule has 1 heterocycles. The molecule has 0 saturated heterocycles. The van der Waals surface area contributed by atoms with Gasteiger partial charge in [0.25, 0.3) is 0 Å². The van der Waals surface area contributed by atoms with E-state index >= 15 is 0 Å². The van der Waals surface area contributed by atoms with E-state index in [1.54, 1.807) is 18.5 Å². The van der Waals surface area contributed by atoms with Gasteiger partial charge in [0.15, 0.2) is 17.5 Å². The molecule has 0 aliphatic rings. The van der Waals surface area contributed by atoms with Crippen molar-refractivity contribution in [2.24, 2.45) is 0 Å². The van der Waals surface area contributed by atoms with Crippen molar-refractivity contribution in [2.45, 2.75) is 6.92 Å². The first-order valence-corrected chi connectivity index (χ1v) is 6.48. The molecule has 1 aromatic heterocycles. The molecule has 0 aliphatic carbocycles. The van der Waals surface area contributed by atoms with Crippen LogP contribution in [0.3, 0.4) is 0 Å². The number of rotatable bonds is 2. The number of hydrogen-bond acceptors (Lipinski definition) is 2. The summed E-state index contributed by atoms with van der Waals surface area (Å²) in [6.45, 7) is 1.93. The Balaban J connectivity index is 1.93. The molecule has 0 aliphatic heterocycles. The van der Waals surface area contributed by atoms with E-state index in [-0.39, 0.29) is 0 Å². The Morgan fingerprint density at radius 3 is 1.90 bits per heavy atom. The molecule has 0 fully saturated rings. The van der Waals surface area contributed by atoms with E-state index in [9.17, 15) is 8.78 Å². The predicted octanol–water partition coefficient (Wildman–Crippen LogP) is 4.40. The van der Waals surface area contributed by atoms with E-state index in [2.05, 4.69) is 9.97 Å². The molecule has 2 aromatic carbocycles. The average Bonchev–Trinajstić information content (AvgIpc) is 2.51. The van der Waals surface area contributed by atoms with E-state index in [4.69, 9.17) is 0 Å². The van der Waals surface area contributed by atoms with Gasteiger partial charge >= 0.3 is 0 Å². The fourth-order valence-corrected chi connectivity index (χ4v) is 2.03. The van der Waals surface area contributed by atoms with E-state index in [1.165, 1.54) is 6.07 Å². The average molecular weight is 282 g/mol. The normalized spacial score (nSPS) is 10.6. The first-order chi connectivity index (χ1) is 10.1. The summed E-state index contributed by atoms with van der Waals surface area (Å²) in [6.07, 6.45) is 3.51. The molecule has 0 bridgehead atoms. The SMILES string of the molecule is Cc1cnc(-c2ccc(-c3ccc(F)c(F)c3)cc2)nc1. The highest BCUT2D eigenvalue weighted by atomic mass is 19.2. The summed E-state index contributed by atoms with van der Waals surface area (Å²) in [4.78, 5) is 8.51. The molecule has 3 rings (SSSR count). The molecular weight excluding hydrogens is 270 g/mol. The first kappa shape index (κ1) is 13.4. The van der Waals surface area contributed by atoms with Crippen LogP contribution in [-0.2, 0) is 0 Å². The van der Waals surface area contributed by atoms with Gasteiger partial charge < -0.3 is 0 Å². The van der Waals surface area contributed by atoms with Crippen molar-refractivity contribution in [1.82, 2.24) is 9.97 Å². The molecule has 0 unspecified atom stereocenters. The van der Waals surface area contributed by atoms with E-state index in [0.29, 0.717) is 11.4 Å². The lowest BCUT2D eigenvalue weighted by atomic mass is 10.0. The number of nitrogens with zero attached hydrogens (tertiary/aromatic N) is 2. The first-order valence-electron chi connectivity index (χ1n) is 6.48. The molecule has 0 amide bonds. The van der Waals surface area contributed by atoms with Crippen molar-refractivity contribution in [1.29, 1.82) is 0 Å². The lowest BCUT2D eigenvalue weighted by Gasteiger charge is -2.05. The number of aryl methyl sites for hydroxylation is 1. The van der Waals surface area contributed by atoms with E-state index < -0.39 is 11.6 Å². The van der Waals surface area contributed by atoms with Crippen LogP contribution >= 0.6 is 0 Å². The van der Waals surface area contributed by atoms with Crippen LogP contribution in [0.25, 0.3) is 22.5 Å². The van der Waals surface area contributed by atoms with Gasteiger partial charge in [-0.15, -0.1) is 0 Å². The number of aromatic nitrogens is 2. The second-order valence-corrected chi connectivity index (χ2v) is 4.79. The second-order valence-electron chi connectivity index (χ2n) is 4.79. The Labute approximate surface area is 121 Å². The maximum atomic E-state index is 13.3. The van der Waals surface area contributed by atoms with Crippen LogP contribution < -0.4 is 0 Å². The summed E-state index contributed by atoms with van der Waals surface area (Å²) < 4.78 is 26.2. The third-order valence-corrected chi connectivity index (χ3v) is 3.18. The third-order valence-electron chi connectivity index (χ3n) is 3.18. The van der Waals surface area contributed by atoms with Gasteiger partial charge in [-0.05, 0) is 35.7 Å². The fourth-order valence-electron chi connectivity index (χ4n) is 2.03. The van der Waals surface area contributed by atoms with Crippen LogP contribution in [-0.4, -0.2) is 9.97 Å². The van der Waals surface area contributed by atoms with E-state index in [0.717, 1.165) is 22.8 Å². The van der Waals surface area contributed by atoms with Gasteiger partial charge in [0.2, 0.25) is 0 Å². The Kier molecular flexibility index (Phi) is 3.44. The van der Waals surface area contributed by atoms with Gasteiger partial charge in [0.1, 0.15) is 0 Å². The van der Waals surface area contributed by atoms with Gasteiger partial charge in [-0.1, -0.05) is 30.3 Å². The lowest BCUT2D eigenvalue weighted by molar-refractivity contribution is 0.509. The zero-order valence-electron chi connectivity index (χ0n) is 11.3. The van der Waals surface area contributed by atoms with Crippen LogP contribution in [0.15, 0.2) is 54.9 Å². The quantitative estimate of drug-likeness (QED) is 0.696. The zero-order valence-corrected chi connectivity index (χ0v) is 11.3. The van der Waals surface area contributed by atoms with Gasteiger partial charge in [-0.25, -0.2) is 18.7 Å². The van der Waals surface area contributed by atoms with Crippen LogP contribution in [0.1, 0.15) is 5.56 Å². The molecule has 3 aromatic rings. The largest absolute Gasteiger partial charge is 0.236 e. The molecule has 2 nitrogen and oxygen atoms in total. The van der Waals surface area contributed by atoms with Gasteiger partial charge in [0, 0.05) is 18.0 Å². The summed E-state index contributed by atoms with van der Waals surface area (Å²) in [6, 6.07) is 11.3. The number of halogens is 2. The van der Waals surface area contributed by atoms with Crippen molar-refractivity contribution >= 4 is 0 Å². The summed E-state index contributed by atoms with van der Waals surface area (Å²) in [5.41, 5.74) is 3.31. The molecule has 4 heteroatoms. The zero-order chi connectivity index (χ0) is 14.8.